The van der Waals surface area contributed by atoms with Crippen molar-refractivity contribution in [2.24, 2.45) is 0 Å². The van der Waals surface area contributed by atoms with E-state index in [9.17, 15) is 4.79 Å². The van der Waals surface area contributed by atoms with Gasteiger partial charge in [-0.1, -0.05) is 0 Å². The highest BCUT2D eigenvalue weighted by molar-refractivity contribution is 5.90. The lowest BCUT2D eigenvalue weighted by molar-refractivity contribution is -0.142. The Labute approximate surface area is 138 Å². The number of oxazole rings is 1. The lowest BCUT2D eigenvalue weighted by atomic mass is 10.3. The van der Waals surface area contributed by atoms with Gasteiger partial charge in [0.05, 0.1) is 25.6 Å². The second-order valence-electron chi connectivity index (χ2n) is 4.88. The van der Waals surface area contributed by atoms with E-state index in [1.54, 1.807) is 25.3 Å². The number of hydrogen-bond donors (Lipinski definition) is 1. The Kier molecular flexibility index (Phi) is 4.51. The van der Waals surface area contributed by atoms with Crippen LogP contribution in [0.15, 0.2) is 47.2 Å². The minimum Gasteiger partial charge on any atom is -0.497 e. The van der Waals surface area contributed by atoms with Crippen molar-refractivity contribution in [3.63, 3.8) is 0 Å². The van der Waals surface area contributed by atoms with E-state index < -0.39 is 5.97 Å². The van der Waals surface area contributed by atoms with Crippen LogP contribution in [0.4, 0.5) is 11.4 Å². The zero-order chi connectivity index (χ0) is 16.9. The third kappa shape index (κ3) is 3.75. The lowest BCUT2D eigenvalue weighted by Gasteiger charge is -2.03. The standard InChI is InChI=1S/C10H9NO4.C7H7NO/c1-13-10(12)5-14-7-2-3-8-9(4-7)15-6-11-8;1-9-5-2-3-6-7(4-5)8-6/h2-4,6H,5H2,1H3;2-4,8H,1H3. The van der Waals surface area contributed by atoms with E-state index in [1.807, 2.05) is 18.2 Å². The van der Waals surface area contributed by atoms with Gasteiger partial charge < -0.3 is 23.9 Å². The van der Waals surface area contributed by atoms with Crippen molar-refractivity contribution in [2.45, 2.75) is 0 Å². The van der Waals surface area contributed by atoms with Crippen molar-refractivity contribution in [1.29, 1.82) is 0 Å². The summed E-state index contributed by atoms with van der Waals surface area (Å²) in [7, 11) is 2.98. The molecule has 1 N–H and O–H groups in total. The number of hydrogen-bond acceptors (Lipinski definition) is 7. The van der Waals surface area contributed by atoms with Crippen LogP contribution in [0.3, 0.4) is 0 Å². The van der Waals surface area contributed by atoms with Crippen LogP contribution in [0.1, 0.15) is 0 Å². The number of carbonyl (C=O) groups excluding carboxylic acids is 1. The number of esters is 1. The summed E-state index contributed by atoms with van der Waals surface area (Å²) >= 11 is 0. The monoisotopic (exact) mass is 328 g/mol. The van der Waals surface area contributed by atoms with Gasteiger partial charge in [-0.15, -0.1) is 0 Å². The Hall–Kier alpha value is -3.22. The molecule has 0 atom stereocenters. The largest absolute Gasteiger partial charge is 0.497 e. The predicted molar refractivity (Wildman–Crippen MR) is 87.8 cm³/mol. The first-order chi connectivity index (χ1) is 11.7. The minimum absolute atomic E-state index is 0.115. The summed E-state index contributed by atoms with van der Waals surface area (Å²) < 4.78 is 19.7. The first-order valence-electron chi connectivity index (χ1n) is 7.17. The molecule has 0 unspecified atom stereocenters. The fraction of sp³-hybridized carbons (Fsp3) is 0.176. The van der Waals surface area contributed by atoms with Gasteiger partial charge in [0.2, 0.25) is 0 Å². The molecular weight excluding hydrogens is 312 g/mol. The number of aromatic nitrogens is 1. The molecule has 1 aromatic heterocycles. The molecule has 0 aliphatic carbocycles. The lowest BCUT2D eigenvalue weighted by Crippen LogP contribution is -2.12. The van der Waals surface area contributed by atoms with Gasteiger partial charge in [0.1, 0.15) is 17.0 Å². The second-order valence-corrected chi connectivity index (χ2v) is 4.88. The van der Waals surface area contributed by atoms with Crippen molar-refractivity contribution < 1.29 is 23.4 Å². The number of benzene rings is 2. The highest BCUT2D eigenvalue weighted by Crippen LogP contribution is 2.40. The molecule has 2 heterocycles. The second kappa shape index (κ2) is 6.91. The maximum absolute atomic E-state index is 10.8. The summed E-state index contributed by atoms with van der Waals surface area (Å²) in [6, 6.07) is 11.1. The summed E-state index contributed by atoms with van der Waals surface area (Å²) in [6.45, 7) is -0.115. The van der Waals surface area contributed by atoms with Crippen LogP contribution in [0.5, 0.6) is 11.5 Å². The average Bonchev–Trinajstić information content (AvgIpc) is 3.25. The summed E-state index contributed by atoms with van der Waals surface area (Å²) in [5, 5.41) is 3.08. The summed E-state index contributed by atoms with van der Waals surface area (Å²) in [5.74, 6) is 1.04. The van der Waals surface area contributed by atoms with Gasteiger partial charge in [-0.05, 0) is 24.3 Å². The number of ether oxygens (including phenoxy) is 3. The summed E-state index contributed by atoms with van der Waals surface area (Å²) in [4.78, 5) is 14.8. The molecule has 2 aromatic carbocycles. The molecule has 124 valence electrons. The number of methoxy groups -OCH3 is 2. The Morgan fingerprint density at radius 3 is 2.71 bits per heavy atom. The molecule has 0 amide bonds. The van der Waals surface area contributed by atoms with Crippen LogP contribution in [-0.4, -0.2) is 31.8 Å². The van der Waals surface area contributed by atoms with E-state index in [1.165, 1.54) is 24.9 Å². The predicted octanol–water partition coefficient (Wildman–Crippen LogP) is 3.13. The third-order valence-corrected chi connectivity index (χ3v) is 3.32. The highest BCUT2D eigenvalue weighted by Gasteiger charge is 2.14. The van der Waals surface area contributed by atoms with Crippen LogP contribution in [0, 0.1) is 0 Å². The number of nitrogens with zero attached hydrogens (tertiary/aromatic N) is 1. The van der Waals surface area contributed by atoms with Gasteiger partial charge in [0.25, 0.3) is 0 Å². The molecule has 0 bridgehead atoms. The zero-order valence-electron chi connectivity index (χ0n) is 13.2. The molecular formula is C17H16N2O5. The molecule has 7 nitrogen and oxygen atoms in total. The molecule has 0 spiro atoms. The van der Waals surface area contributed by atoms with Crippen LogP contribution >= 0.6 is 0 Å². The van der Waals surface area contributed by atoms with E-state index in [4.69, 9.17) is 13.9 Å². The number of fused-ring (bicyclic) bond motifs is 2. The minimum atomic E-state index is -0.423. The van der Waals surface area contributed by atoms with E-state index in [2.05, 4.69) is 15.0 Å². The van der Waals surface area contributed by atoms with E-state index >= 15 is 0 Å². The first-order valence-corrected chi connectivity index (χ1v) is 7.17. The van der Waals surface area contributed by atoms with Crippen molar-refractivity contribution in [1.82, 2.24) is 4.98 Å². The van der Waals surface area contributed by atoms with Crippen molar-refractivity contribution >= 4 is 28.4 Å². The Morgan fingerprint density at radius 2 is 1.96 bits per heavy atom. The normalized spacial score (nSPS) is 10.8. The molecule has 7 heteroatoms. The van der Waals surface area contributed by atoms with Crippen LogP contribution in [0.2, 0.25) is 0 Å². The zero-order valence-corrected chi connectivity index (χ0v) is 13.2. The van der Waals surface area contributed by atoms with Crippen LogP contribution < -0.4 is 14.8 Å². The number of rotatable bonds is 4. The van der Waals surface area contributed by atoms with Crippen molar-refractivity contribution in [3.05, 3.63) is 42.8 Å². The molecule has 1 aliphatic rings. The molecule has 4 rings (SSSR count). The molecule has 0 saturated carbocycles. The fourth-order valence-electron chi connectivity index (χ4n) is 1.97. The van der Waals surface area contributed by atoms with Gasteiger partial charge in [0, 0.05) is 12.1 Å². The Balaban J connectivity index is 0.000000159. The first kappa shape index (κ1) is 15.7. The van der Waals surface area contributed by atoms with Crippen LogP contribution in [0.25, 0.3) is 11.1 Å². The van der Waals surface area contributed by atoms with Gasteiger partial charge in [-0.3, -0.25) is 0 Å². The molecule has 0 fully saturated rings. The molecule has 0 radical (unpaired) electrons. The maximum atomic E-state index is 10.8. The number of nitrogens with one attached hydrogen (secondary N) is 1. The highest BCUT2D eigenvalue weighted by atomic mass is 16.6. The van der Waals surface area contributed by atoms with E-state index in [-0.39, 0.29) is 6.61 Å². The topological polar surface area (TPSA) is 92.7 Å². The third-order valence-electron chi connectivity index (χ3n) is 3.32. The van der Waals surface area contributed by atoms with Crippen molar-refractivity contribution in [3.8, 4) is 11.5 Å². The number of anilines is 2. The molecule has 0 saturated heterocycles. The molecule has 1 aliphatic heterocycles. The van der Waals surface area contributed by atoms with Gasteiger partial charge in [-0.2, -0.15) is 0 Å². The molecule has 24 heavy (non-hydrogen) atoms. The smallest absolute Gasteiger partial charge is 0.343 e. The average molecular weight is 328 g/mol. The van der Waals surface area contributed by atoms with Gasteiger partial charge in [0.15, 0.2) is 18.6 Å². The van der Waals surface area contributed by atoms with E-state index in [0.29, 0.717) is 11.3 Å². The Bertz CT molecular complexity index is 859. The maximum Gasteiger partial charge on any atom is 0.343 e. The Morgan fingerprint density at radius 1 is 1.12 bits per heavy atom. The number of carbonyl (C=O) groups is 1. The van der Waals surface area contributed by atoms with Gasteiger partial charge in [-0.25, -0.2) is 9.78 Å². The van der Waals surface area contributed by atoms with Gasteiger partial charge >= 0.3 is 5.97 Å². The van der Waals surface area contributed by atoms with Crippen molar-refractivity contribution in [2.75, 3.05) is 26.1 Å². The summed E-state index contributed by atoms with van der Waals surface area (Å²) in [5.41, 5.74) is 3.78. The SMILES string of the molecule is COC(=O)COc1ccc2ncoc2c1.COc1ccc2c(c1)N2. The molecule has 3 aromatic rings. The fourth-order valence-corrected chi connectivity index (χ4v) is 1.97. The quantitative estimate of drug-likeness (QED) is 0.454. The van der Waals surface area contributed by atoms with Crippen LogP contribution in [-0.2, 0) is 9.53 Å². The summed E-state index contributed by atoms with van der Waals surface area (Å²) in [6.07, 6.45) is 1.36. The van der Waals surface area contributed by atoms with E-state index in [0.717, 1.165) is 11.3 Å².